The van der Waals surface area contributed by atoms with E-state index in [1.54, 1.807) is 26.0 Å². The summed E-state index contributed by atoms with van der Waals surface area (Å²) in [7, 11) is 0. The zero-order valence-corrected chi connectivity index (χ0v) is 15.7. The van der Waals surface area contributed by atoms with Crippen LogP contribution in [0.5, 0.6) is 0 Å². The molecule has 8 heteroatoms. The Bertz CT molecular complexity index is 767. The topological polar surface area (TPSA) is 94.0 Å². The SMILES string of the molecule is Cc1ccc(-c2noc(C(C)NC(=O)C[C@@H]3CCC[C@H]3N)n2)cc1F.Cl. The smallest absolute Gasteiger partial charge is 0.249 e. The van der Waals surface area contributed by atoms with Gasteiger partial charge in [-0.2, -0.15) is 4.98 Å². The normalized spacial score (nSPS) is 20.5. The van der Waals surface area contributed by atoms with Crippen LogP contribution in [0.25, 0.3) is 11.4 Å². The number of carbonyl (C=O) groups excluding carboxylic acids is 1. The highest BCUT2D eigenvalue weighted by Crippen LogP contribution is 2.27. The highest BCUT2D eigenvalue weighted by molar-refractivity contribution is 5.85. The minimum atomic E-state index is -0.415. The molecule has 1 unspecified atom stereocenters. The molecular weight excluding hydrogens is 359 g/mol. The molecule has 1 aromatic heterocycles. The lowest BCUT2D eigenvalue weighted by atomic mass is 10.00. The van der Waals surface area contributed by atoms with Crippen LogP contribution in [0, 0.1) is 18.7 Å². The van der Waals surface area contributed by atoms with Gasteiger partial charge in [-0.3, -0.25) is 4.79 Å². The van der Waals surface area contributed by atoms with Crippen LogP contribution in [0.3, 0.4) is 0 Å². The molecular formula is C18H24ClFN4O2. The van der Waals surface area contributed by atoms with E-state index in [-0.39, 0.29) is 36.1 Å². The van der Waals surface area contributed by atoms with E-state index in [2.05, 4.69) is 15.5 Å². The second kappa shape index (κ2) is 8.60. The molecule has 0 bridgehead atoms. The molecule has 26 heavy (non-hydrogen) atoms. The third-order valence-corrected chi connectivity index (χ3v) is 4.79. The van der Waals surface area contributed by atoms with Crippen LogP contribution in [0.1, 0.15) is 50.1 Å². The van der Waals surface area contributed by atoms with Crippen molar-refractivity contribution in [2.75, 3.05) is 0 Å². The second-order valence-corrected chi connectivity index (χ2v) is 6.77. The quantitative estimate of drug-likeness (QED) is 0.827. The molecule has 6 nitrogen and oxygen atoms in total. The fourth-order valence-electron chi connectivity index (χ4n) is 3.18. The highest BCUT2D eigenvalue weighted by atomic mass is 35.5. The average Bonchev–Trinajstić information content (AvgIpc) is 3.20. The zero-order valence-electron chi connectivity index (χ0n) is 14.9. The Morgan fingerprint density at radius 3 is 2.88 bits per heavy atom. The van der Waals surface area contributed by atoms with Crippen molar-refractivity contribution >= 4 is 18.3 Å². The van der Waals surface area contributed by atoms with E-state index in [1.165, 1.54) is 6.07 Å². The molecule has 3 rings (SSSR count). The number of aryl methyl sites for hydroxylation is 1. The first kappa shape index (κ1) is 20.3. The van der Waals surface area contributed by atoms with E-state index in [1.807, 2.05) is 0 Å². The molecule has 2 aromatic rings. The van der Waals surface area contributed by atoms with Crippen molar-refractivity contribution in [2.24, 2.45) is 11.7 Å². The number of amides is 1. The minimum Gasteiger partial charge on any atom is -0.345 e. The first-order chi connectivity index (χ1) is 11.9. The number of hydrogen-bond donors (Lipinski definition) is 2. The number of aromatic nitrogens is 2. The molecule has 0 radical (unpaired) electrons. The summed E-state index contributed by atoms with van der Waals surface area (Å²) < 4.78 is 18.9. The van der Waals surface area contributed by atoms with E-state index < -0.39 is 6.04 Å². The number of halogens is 2. The summed E-state index contributed by atoms with van der Waals surface area (Å²) in [6, 6.07) is 4.46. The summed E-state index contributed by atoms with van der Waals surface area (Å²) in [6.07, 6.45) is 3.46. The van der Waals surface area contributed by atoms with Crippen molar-refractivity contribution in [1.29, 1.82) is 0 Å². The van der Waals surface area contributed by atoms with Gasteiger partial charge in [0.05, 0.1) is 0 Å². The number of rotatable bonds is 5. The van der Waals surface area contributed by atoms with Crippen LogP contribution in [0.2, 0.25) is 0 Å². The number of hydrogen-bond acceptors (Lipinski definition) is 5. The van der Waals surface area contributed by atoms with Crippen molar-refractivity contribution in [3.8, 4) is 11.4 Å². The van der Waals surface area contributed by atoms with Gasteiger partial charge in [0.25, 0.3) is 0 Å². The second-order valence-electron chi connectivity index (χ2n) is 6.77. The molecule has 1 aromatic carbocycles. The van der Waals surface area contributed by atoms with Crippen molar-refractivity contribution < 1.29 is 13.7 Å². The van der Waals surface area contributed by atoms with Crippen LogP contribution in [-0.4, -0.2) is 22.1 Å². The predicted molar refractivity (Wildman–Crippen MR) is 98.2 cm³/mol. The number of nitrogens with zero attached hydrogens (tertiary/aromatic N) is 2. The van der Waals surface area contributed by atoms with Gasteiger partial charge in [0.15, 0.2) is 0 Å². The first-order valence-electron chi connectivity index (χ1n) is 8.59. The third-order valence-electron chi connectivity index (χ3n) is 4.79. The van der Waals surface area contributed by atoms with Gasteiger partial charge < -0.3 is 15.6 Å². The van der Waals surface area contributed by atoms with Gasteiger partial charge in [0, 0.05) is 18.0 Å². The van der Waals surface area contributed by atoms with E-state index in [0.717, 1.165) is 19.3 Å². The fourth-order valence-corrected chi connectivity index (χ4v) is 3.18. The number of benzene rings is 1. The van der Waals surface area contributed by atoms with Crippen molar-refractivity contribution in [3.05, 3.63) is 35.5 Å². The monoisotopic (exact) mass is 382 g/mol. The predicted octanol–water partition coefficient (Wildman–Crippen LogP) is 3.30. The van der Waals surface area contributed by atoms with Gasteiger partial charge in [-0.05, 0) is 44.2 Å². The molecule has 142 valence electrons. The van der Waals surface area contributed by atoms with Crippen molar-refractivity contribution in [2.45, 2.75) is 51.6 Å². The Labute approximate surface area is 158 Å². The first-order valence-corrected chi connectivity index (χ1v) is 8.59. The van der Waals surface area contributed by atoms with Gasteiger partial charge in [-0.1, -0.05) is 23.7 Å². The van der Waals surface area contributed by atoms with Gasteiger partial charge in [-0.15, -0.1) is 12.4 Å². The molecule has 3 N–H and O–H groups in total. The van der Waals surface area contributed by atoms with E-state index >= 15 is 0 Å². The third kappa shape index (κ3) is 4.59. The summed E-state index contributed by atoms with van der Waals surface area (Å²) in [5, 5.41) is 6.74. The van der Waals surface area contributed by atoms with E-state index in [9.17, 15) is 9.18 Å². The Kier molecular flexibility index (Phi) is 6.72. The molecule has 0 aliphatic heterocycles. The van der Waals surface area contributed by atoms with Gasteiger partial charge >= 0.3 is 0 Å². The van der Waals surface area contributed by atoms with Crippen LogP contribution in [0.15, 0.2) is 22.7 Å². The lowest BCUT2D eigenvalue weighted by Gasteiger charge is -2.16. The molecule has 1 heterocycles. The van der Waals surface area contributed by atoms with Crippen LogP contribution in [-0.2, 0) is 4.79 Å². The summed E-state index contributed by atoms with van der Waals surface area (Å²) in [5.41, 5.74) is 7.10. The number of nitrogens with one attached hydrogen (secondary N) is 1. The molecule has 1 aliphatic carbocycles. The molecule has 0 saturated heterocycles. The Morgan fingerprint density at radius 1 is 1.46 bits per heavy atom. The number of carbonyl (C=O) groups is 1. The van der Waals surface area contributed by atoms with Crippen LogP contribution >= 0.6 is 12.4 Å². The maximum Gasteiger partial charge on any atom is 0.249 e. The summed E-state index contributed by atoms with van der Waals surface area (Å²) >= 11 is 0. The summed E-state index contributed by atoms with van der Waals surface area (Å²) in [4.78, 5) is 16.4. The molecule has 1 fully saturated rings. The lowest BCUT2D eigenvalue weighted by Crippen LogP contribution is -2.33. The lowest BCUT2D eigenvalue weighted by molar-refractivity contribution is -0.122. The standard InChI is InChI=1S/C18H23FN4O2.ClH/c1-10-6-7-13(8-14(10)19)17-22-18(25-23-17)11(2)21-16(24)9-12-4-3-5-15(12)20;/h6-8,11-12,15H,3-5,9,20H2,1-2H3,(H,21,24);1H/t11?,12-,15+;/m0./s1. The molecule has 1 amide bonds. The fraction of sp³-hybridized carbons (Fsp3) is 0.500. The highest BCUT2D eigenvalue weighted by Gasteiger charge is 2.27. The Hall–Kier alpha value is -1.99. The maximum absolute atomic E-state index is 13.7. The molecule has 1 aliphatic rings. The van der Waals surface area contributed by atoms with E-state index in [4.69, 9.17) is 10.3 Å². The largest absolute Gasteiger partial charge is 0.345 e. The summed E-state index contributed by atoms with van der Waals surface area (Å²) in [6.45, 7) is 3.47. The average molecular weight is 383 g/mol. The Morgan fingerprint density at radius 2 is 2.23 bits per heavy atom. The van der Waals surface area contributed by atoms with Crippen molar-refractivity contribution in [1.82, 2.24) is 15.5 Å². The van der Waals surface area contributed by atoms with E-state index in [0.29, 0.717) is 29.3 Å². The maximum atomic E-state index is 13.7. The van der Waals surface area contributed by atoms with Gasteiger partial charge in [0.2, 0.25) is 17.6 Å². The minimum absolute atomic E-state index is 0. The number of nitrogens with two attached hydrogens (primary N) is 1. The molecule has 1 saturated carbocycles. The van der Waals surface area contributed by atoms with Crippen LogP contribution in [0.4, 0.5) is 4.39 Å². The summed E-state index contributed by atoms with van der Waals surface area (Å²) in [5.74, 6) is 0.433. The van der Waals surface area contributed by atoms with Crippen molar-refractivity contribution in [3.63, 3.8) is 0 Å². The van der Waals surface area contributed by atoms with Gasteiger partial charge in [0.1, 0.15) is 11.9 Å². The zero-order chi connectivity index (χ0) is 18.0. The van der Waals surface area contributed by atoms with Gasteiger partial charge in [-0.25, -0.2) is 4.39 Å². The molecule has 0 spiro atoms. The molecule has 3 atom stereocenters. The Balaban J connectivity index is 0.00000243. The van der Waals surface area contributed by atoms with Crippen LogP contribution < -0.4 is 11.1 Å².